The molecule has 94 valence electrons. The van der Waals surface area contributed by atoms with Gasteiger partial charge in [-0.3, -0.25) is 4.98 Å². The SMILES string of the molecule is O=S1(=O)CCCCC1C(O)Cc1cccnc1. The molecule has 4 nitrogen and oxygen atoms in total. The lowest BCUT2D eigenvalue weighted by Gasteiger charge is -2.26. The van der Waals surface area contributed by atoms with Gasteiger partial charge in [-0.1, -0.05) is 12.5 Å². The summed E-state index contributed by atoms with van der Waals surface area (Å²) in [5, 5.41) is 9.46. The van der Waals surface area contributed by atoms with E-state index in [4.69, 9.17) is 0 Å². The standard InChI is InChI=1S/C12H17NO3S/c14-11(8-10-4-3-6-13-9-10)12-5-1-2-7-17(12,15)16/h3-4,6,9,11-12,14H,1-2,5,7-8H2. The average Bonchev–Trinajstić information content (AvgIpc) is 2.29. The Balaban J connectivity index is 2.07. The molecule has 2 unspecified atom stereocenters. The third kappa shape index (κ3) is 3.04. The van der Waals surface area contributed by atoms with E-state index in [0.29, 0.717) is 12.8 Å². The quantitative estimate of drug-likeness (QED) is 0.873. The number of nitrogens with zero attached hydrogens (tertiary/aromatic N) is 1. The lowest BCUT2D eigenvalue weighted by atomic mass is 10.0. The number of aromatic nitrogens is 1. The van der Waals surface area contributed by atoms with E-state index in [1.807, 2.05) is 6.07 Å². The molecule has 1 fully saturated rings. The first-order chi connectivity index (χ1) is 8.09. The van der Waals surface area contributed by atoms with Gasteiger partial charge in [-0.2, -0.15) is 0 Å². The van der Waals surface area contributed by atoms with Crippen molar-refractivity contribution in [2.75, 3.05) is 5.75 Å². The molecule has 1 aliphatic rings. The fourth-order valence-electron chi connectivity index (χ4n) is 2.30. The van der Waals surface area contributed by atoms with Crippen molar-refractivity contribution in [3.8, 4) is 0 Å². The van der Waals surface area contributed by atoms with E-state index in [1.54, 1.807) is 18.5 Å². The van der Waals surface area contributed by atoms with Crippen molar-refractivity contribution in [2.45, 2.75) is 37.0 Å². The van der Waals surface area contributed by atoms with Crippen molar-refractivity contribution >= 4 is 9.84 Å². The molecule has 0 spiro atoms. The lowest BCUT2D eigenvalue weighted by molar-refractivity contribution is 0.162. The first kappa shape index (κ1) is 12.5. The molecule has 2 atom stereocenters. The number of hydrogen-bond donors (Lipinski definition) is 1. The number of aliphatic hydroxyl groups excluding tert-OH is 1. The number of aliphatic hydroxyl groups is 1. The van der Waals surface area contributed by atoms with Gasteiger partial charge in [-0.25, -0.2) is 8.42 Å². The highest BCUT2D eigenvalue weighted by atomic mass is 32.2. The van der Waals surface area contributed by atoms with E-state index in [2.05, 4.69) is 4.98 Å². The van der Waals surface area contributed by atoms with Crippen LogP contribution in [-0.4, -0.2) is 35.6 Å². The summed E-state index contributed by atoms with van der Waals surface area (Å²) in [7, 11) is -3.11. The maximum atomic E-state index is 11.8. The van der Waals surface area contributed by atoms with Gasteiger partial charge < -0.3 is 5.11 Å². The van der Waals surface area contributed by atoms with E-state index in [-0.39, 0.29) is 5.75 Å². The second-order valence-electron chi connectivity index (χ2n) is 4.53. The van der Waals surface area contributed by atoms with Gasteiger partial charge in [0.05, 0.1) is 17.1 Å². The van der Waals surface area contributed by atoms with Gasteiger partial charge in [0.25, 0.3) is 0 Å². The van der Waals surface area contributed by atoms with Crippen LogP contribution in [-0.2, 0) is 16.3 Å². The van der Waals surface area contributed by atoms with Crippen molar-refractivity contribution in [1.82, 2.24) is 4.98 Å². The van der Waals surface area contributed by atoms with Gasteiger partial charge in [-0.15, -0.1) is 0 Å². The Labute approximate surface area is 102 Å². The monoisotopic (exact) mass is 255 g/mol. The highest BCUT2D eigenvalue weighted by Crippen LogP contribution is 2.23. The van der Waals surface area contributed by atoms with Gasteiger partial charge in [0.15, 0.2) is 9.84 Å². The fourth-order valence-corrected chi connectivity index (χ4v) is 4.31. The van der Waals surface area contributed by atoms with Crippen molar-refractivity contribution in [3.63, 3.8) is 0 Å². The van der Waals surface area contributed by atoms with Crippen molar-refractivity contribution in [3.05, 3.63) is 30.1 Å². The molecule has 0 aliphatic carbocycles. The highest BCUT2D eigenvalue weighted by molar-refractivity contribution is 7.92. The van der Waals surface area contributed by atoms with Crippen LogP contribution in [0.1, 0.15) is 24.8 Å². The smallest absolute Gasteiger partial charge is 0.155 e. The van der Waals surface area contributed by atoms with Crippen LogP contribution < -0.4 is 0 Å². The summed E-state index contributed by atoms with van der Waals surface area (Å²) in [5.41, 5.74) is 0.876. The van der Waals surface area contributed by atoms with Gasteiger partial charge in [0.1, 0.15) is 0 Å². The van der Waals surface area contributed by atoms with Crippen LogP contribution in [0.3, 0.4) is 0 Å². The van der Waals surface area contributed by atoms with Crippen molar-refractivity contribution in [1.29, 1.82) is 0 Å². The Hall–Kier alpha value is -0.940. The molecule has 1 aliphatic heterocycles. The lowest BCUT2D eigenvalue weighted by Crippen LogP contribution is -2.39. The molecule has 1 aromatic heterocycles. The van der Waals surface area contributed by atoms with Gasteiger partial charge in [0, 0.05) is 18.8 Å². The summed E-state index contributed by atoms with van der Waals surface area (Å²) in [4.78, 5) is 3.96. The predicted molar refractivity (Wildman–Crippen MR) is 65.4 cm³/mol. The first-order valence-corrected chi connectivity index (χ1v) is 7.60. The molecule has 5 heteroatoms. The van der Waals surface area contributed by atoms with Crippen LogP contribution in [0.15, 0.2) is 24.5 Å². The maximum Gasteiger partial charge on any atom is 0.155 e. The average molecular weight is 255 g/mol. The molecule has 0 radical (unpaired) electrons. The van der Waals surface area contributed by atoms with Crippen molar-refractivity contribution < 1.29 is 13.5 Å². The minimum atomic E-state index is -3.11. The summed E-state index contributed by atoms with van der Waals surface area (Å²) in [5.74, 6) is 0.210. The topological polar surface area (TPSA) is 67.3 Å². The Morgan fingerprint density at radius 1 is 1.47 bits per heavy atom. The van der Waals surface area contributed by atoms with Crippen molar-refractivity contribution in [2.24, 2.45) is 0 Å². The zero-order chi connectivity index (χ0) is 12.3. The van der Waals surface area contributed by atoms with Crippen LogP contribution in [0.5, 0.6) is 0 Å². The van der Waals surface area contributed by atoms with E-state index in [1.165, 1.54) is 0 Å². The maximum absolute atomic E-state index is 11.8. The predicted octanol–water partition coefficient (Wildman–Crippen LogP) is 0.952. The van der Waals surface area contributed by atoms with Gasteiger partial charge >= 0.3 is 0 Å². The fraction of sp³-hybridized carbons (Fsp3) is 0.583. The third-order valence-corrected chi connectivity index (χ3v) is 5.56. The molecule has 17 heavy (non-hydrogen) atoms. The van der Waals surface area contributed by atoms with E-state index >= 15 is 0 Å². The number of hydrogen-bond acceptors (Lipinski definition) is 4. The molecule has 1 N–H and O–H groups in total. The summed E-state index contributed by atoms with van der Waals surface area (Å²) in [6.45, 7) is 0. The van der Waals surface area contributed by atoms with Crippen LogP contribution in [0, 0.1) is 0 Å². The molecule has 2 rings (SSSR count). The van der Waals surface area contributed by atoms with Crippen LogP contribution >= 0.6 is 0 Å². The molecular formula is C12H17NO3S. The highest BCUT2D eigenvalue weighted by Gasteiger charge is 2.34. The minimum Gasteiger partial charge on any atom is -0.391 e. The molecule has 0 saturated carbocycles. The minimum absolute atomic E-state index is 0.210. The normalized spacial score (nSPS) is 25.4. The Morgan fingerprint density at radius 2 is 2.29 bits per heavy atom. The first-order valence-electron chi connectivity index (χ1n) is 5.88. The number of pyridine rings is 1. The van der Waals surface area contributed by atoms with E-state index in [9.17, 15) is 13.5 Å². The molecule has 2 heterocycles. The van der Waals surface area contributed by atoms with E-state index < -0.39 is 21.2 Å². The van der Waals surface area contributed by atoms with Crippen LogP contribution in [0.25, 0.3) is 0 Å². The molecule has 1 aromatic rings. The Kier molecular flexibility index (Phi) is 3.79. The molecule has 1 saturated heterocycles. The zero-order valence-corrected chi connectivity index (χ0v) is 10.4. The zero-order valence-electron chi connectivity index (χ0n) is 9.62. The largest absolute Gasteiger partial charge is 0.391 e. The summed E-state index contributed by atoms with van der Waals surface area (Å²) in [6, 6.07) is 3.64. The summed E-state index contributed by atoms with van der Waals surface area (Å²) in [6.07, 6.45) is 5.05. The molecular weight excluding hydrogens is 238 g/mol. The second kappa shape index (κ2) is 5.14. The van der Waals surface area contributed by atoms with Crippen LogP contribution in [0.4, 0.5) is 0 Å². The van der Waals surface area contributed by atoms with Gasteiger partial charge in [-0.05, 0) is 24.5 Å². The Bertz CT molecular complexity index is 458. The molecule has 0 amide bonds. The molecule has 0 aromatic carbocycles. The van der Waals surface area contributed by atoms with Gasteiger partial charge in [0.2, 0.25) is 0 Å². The summed E-state index contributed by atoms with van der Waals surface area (Å²) < 4.78 is 23.7. The summed E-state index contributed by atoms with van der Waals surface area (Å²) >= 11 is 0. The number of sulfone groups is 1. The Morgan fingerprint density at radius 3 is 2.94 bits per heavy atom. The third-order valence-electron chi connectivity index (χ3n) is 3.23. The molecule has 0 bridgehead atoms. The number of rotatable bonds is 3. The second-order valence-corrected chi connectivity index (χ2v) is 6.87. The van der Waals surface area contributed by atoms with E-state index in [0.717, 1.165) is 18.4 Å². The van der Waals surface area contributed by atoms with Crippen LogP contribution in [0.2, 0.25) is 0 Å².